The van der Waals surface area contributed by atoms with Gasteiger partial charge in [0.25, 0.3) is 5.91 Å². The molecule has 12 heteroatoms. The summed E-state index contributed by atoms with van der Waals surface area (Å²) < 4.78 is 43.1. The van der Waals surface area contributed by atoms with Gasteiger partial charge < -0.3 is 30.5 Å². The fraction of sp³-hybridized carbons (Fsp3) is 0.389. The molecule has 0 aliphatic carbocycles. The molecule has 0 radical (unpaired) electrons. The summed E-state index contributed by atoms with van der Waals surface area (Å²) in [5, 5.41) is 15.8. The Morgan fingerprint density at radius 3 is 1.88 bits per heavy atom. The Morgan fingerprint density at radius 2 is 1.31 bits per heavy atom. The summed E-state index contributed by atoms with van der Waals surface area (Å²) in [6.45, 7) is 6.78. The van der Waals surface area contributed by atoms with Crippen molar-refractivity contribution in [2.75, 3.05) is 6.61 Å². The number of carbonyl (C=O) groups is 4. The summed E-state index contributed by atoms with van der Waals surface area (Å²) >= 11 is 0. The Morgan fingerprint density at radius 1 is 0.750 bits per heavy atom. The van der Waals surface area contributed by atoms with E-state index in [9.17, 15) is 24.3 Å². The number of alkyl halides is 2. The van der Waals surface area contributed by atoms with Gasteiger partial charge in [0.15, 0.2) is 0 Å². The van der Waals surface area contributed by atoms with E-state index in [-0.39, 0.29) is 31.5 Å². The maximum atomic E-state index is 15.8. The van der Waals surface area contributed by atoms with Gasteiger partial charge in [0.2, 0.25) is 11.7 Å². The maximum Gasteiger partial charge on any atom is 0.405 e. The predicted molar refractivity (Wildman–Crippen MR) is 175 cm³/mol. The molecule has 3 unspecified atom stereocenters. The summed E-state index contributed by atoms with van der Waals surface area (Å²) in [5.74, 6) is -9.92. The first kappa shape index (κ1) is 37.6. The van der Waals surface area contributed by atoms with Crippen LogP contribution in [0.2, 0.25) is 0 Å². The molecular formula is C36H43F2N3O7. The standard InChI is InChI=1S/C36H43F2N3O7/c1-23(2)29(22-47-20-25-13-7-5-8-14-25)40-34(44)36(37,38)32(42)28(39-33(43)31(24(3)4)41-35(45)46)19-27-17-11-12-18-30(27)48-21-26-15-9-6-10-16-26/h5-18,23-24,28-29,31,41H,19-22H2,1-4H3,(H,39,43)(H,40,44)(H,45,46). The molecule has 0 aromatic heterocycles. The van der Waals surface area contributed by atoms with Crippen LogP contribution in [0.5, 0.6) is 5.75 Å². The molecule has 4 N–H and O–H groups in total. The molecule has 3 amide bonds. The van der Waals surface area contributed by atoms with Crippen molar-refractivity contribution in [1.82, 2.24) is 16.0 Å². The summed E-state index contributed by atoms with van der Waals surface area (Å²) in [6.07, 6.45) is -1.98. The lowest BCUT2D eigenvalue weighted by Gasteiger charge is -2.28. The number of ether oxygens (including phenoxy) is 2. The molecule has 0 saturated heterocycles. The van der Waals surface area contributed by atoms with Gasteiger partial charge in [-0.05, 0) is 34.6 Å². The minimum absolute atomic E-state index is 0.0915. The van der Waals surface area contributed by atoms with Crippen LogP contribution in [0.1, 0.15) is 44.4 Å². The van der Waals surface area contributed by atoms with Gasteiger partial charge in [-0.1, -0.05) is 107 Å². The smallest absolute Gasteiger partial charge is 0.405 e. The van der Waals surface area contributed by atoms with Crippen molar-refractivity contribution in [2.45, 2.75) is 71.4 Å². The highest BCUT2D eigenvalue weighted by molar-refractivity contribution is 6.10. The van der Waals surface area contributed by atoms with Crippen molar-refractivity contribution >= 4 is 23.7 Å². The molecule has 0 saturated carbocycles. The molecule has 48 heavy (non-hydrogen) atoms. The van der Waals surface area contributed by atoms with E-state index >= 15 is 8.78 Å². The first-order chi connectivity index (χ1) is 22.8. The number of nitrogens with one attached hydrogen (secondary N) is 3. The molecule has 3 atom stereocenters. The molecule has 10 nitrogen and oxygen atoms in total. The zero-order chi connectivity index (χ0) is 35.3. The molecule has 0 heterocycles. The van der Waals surface area contributed by atoms with E-state index < -0.39 is 60.1 Å². The molecule has 0 spiro atoms. The van der Waals surface area contributed by atoms with Gasteiger partial charge in [-0.15, -0.1) is 0 Å². The lowest BCUT2D eigenvalue weighted by molar-refractivity contribution is -0.161. The molecule has 0 bridgehead atoms. The van der Waals surface area contributed by atoms with Crippen LogP contribution in [0.4, 0.5) is 13.6 Å². The second-order valence-corrected chi connectivity index (χ2v) is 12.1. The number of carboxylic acid groups (broad SMARTS) is 1. The minimum atomic E-state index is -4.57. The fourth-order valence-electron chi connectivity index (χ4n) is 4.78. The van der Waals surface area contributed by atoms with E-state index in [1.165, 1.54) is 0 Å². The Kier molecular flexibility index (Phi) is 14.0. The van der Waals surface area contributed by atoms with Crippen molar-refractivity contribution < 1.29 is 42.5 Å². The van der Waals surface area contributed by atoms with Gasteiger partial charge in [-0.25, -0.2) is 4.79 Å². The number of Topliss-reactive ketones (excluding diaryl/α,β-unsaturated/α-hetero) is 1. The fourth-order valence-corrected chi connectivity index (χ4v) is 4.78. The lowest BCUT2D eigenvalue weighted by Crippen LogP contribution is -2.60. The second-order valence-electron chi connectivity index (χ2n) is 12.1. The Labute approximate surface area is 279 Å². The third kappa shape index (κ3) is 11.2. The Hall–Kier alpha value is -4.84. The van der Waals surface area contributed by atoms with Crippen LogP contribution in [0.15, 0.2) is 84.9 Å². The molecule has 3 aromatic carbocycles. The largest absolute Gasteiger partial charge is 0.489 e. The molecule has 0 fully saturated rings. The van der Waals surface area contributed by atoms with Gasteiger partial charge in [-0.2, -0.15) is 8.78 Å². The summed E-state index contributed by atoms with van der Waals surface area (Å²) in [4.78, 5) is 51.2. The zero-order valence-corrected chi connectivity index (χ0v) is 27.5. The minimum Gasteiger partial charge on any atom is -0.489 e. The van der Waals surface area contributed by atoms with E-state index in [0.29, 0.717) is 5.56 Å². The van der Waals surface area contributed by atoms with E-state index in [1.807, 2.05) is 60.7 Å². The molecule has 0 aliphatic rings. The van der Waals surface area contributed by atoms with Crippen molar-refractivity contribution in [3.05, 3.63) is 102 Å². The number of carbonyl (C=O) groups excluding carboxylic acids is 3. The van der Waals surface area contributed by atoms with Crippen molar-refractivity contribution in [3.8, 4) is 5.75 Å². The number of ketones is 1. The number of amides is 3. The highest BCUT2D eigenvalue weighted by Crippen LogP contribution is 2.25. The van der Waals surface area contributed by atoms with Gasteiger partial charge in [0.1, 0.15) is 18.4 Å². The van der Waals surface area contributed by atoms with E-state index in [4.69, 9.17) is 9.47 Å². The first-order valence-electron chi connectivity index (χ1n) is 15.7. The lowest BCUT2D eigenvalue weighted by atomic mass is 9.95. The molecule has 258 valence electrons. The van der Waals surface area contributed by atoms with Gasteiger partial charge in [0.05, 0.1) is 25.3 Å². The van der Waals surface area contributed by atoms with Crippen molar-refractivity contribution in [1.29, 1.82) is 0 Å². The number of rotatable bonds is 18. The average Bonchev–Trinajstić information content (AvgIpc) is 3.06. The molecular weight excluding hydrogens is 624 g/mol. The van der Waals surface area contributed by atoms with E-state index in [0.717, 1.165) is 11.1 Å². The van der Waals surface area contributed by atoms with Gasteiger partial charge in [0, 0.05) is 6.42 Å². The van der Waals surface area contributed by atoms with E-state index in [2.05, 4.69) is 16.0 Å². The zero-order valence-electron chi connectivity index (χ0n) is 27.5. The van der Waals surface area contributed by atoms with Crippen LogP contribution in [-0.4, -0.2) is 59.5 Å². The number of para-hydroxylation sites is 1. The highest BCUT2D eigenvalue weighted by atomic mass is 19.3. The van der Waals surface area contributed by atoms with Crippen LogP contribution in [-0.2, 0) is 38.8 Å². The highest BCUT2D eigenvalue weighted by Gasteiger charge is 2.51. The third-order valence-corrected chi connectivity index (χ3v) is 7.62. The number of hydrogen-bond donors (Lipinski definition) is 4. The molecule has 3 aromatic rings. The van der Waals surface area contributed by atoms with Crippen LogP contribution in [0, 0.1) is 11.8 Å². The quantitative estimate of drug-likeness (QED) is 0.138. The third-order valence-electron chi connectivity index (χ3n) is 7.62. The first-order valence-corrected chi connectivity index (χ1v) is 15.7. The molecule has 0 aliphatic heterocycles. The monoisotopic (exact) mass is 667 g/mol. The van der Waals surface area contributed by atoms with Crippen molar-refractivity contribution in [3.63, 3.8) is 0 Å². The van der Waals surface area contributed by atoms with Crippen LogP contribution >= 0.6 is 0 Å². The summed E-state index contributed by atoms with van der Waals surface area (Å²) in [7, 11) is 0. The number of benzene rings is 3. The Bertz CT molecular complexity index is 1500. The Balaban J connectivity index is 1.84. The van der Waals surface area contributed by atoms with E-state index in [1.54, 1.807) is 52.0 Å². The normalized spacial score (nSPS) is 13.3. The van der Waals surface area contributed by atoms with Crippen LogP contribution < -0.4 is 20.7 Å². The maximum absolute atomic E-state index is 15.8. The topological polar surface area (TPSA) is 143 Å². The van der Waals surface area contributed by atoms with Crippen LogP contribution in [0.25, 0.3) is 0 Å². The molecule has 3 rings (SSSR count). The second kappa shape index (κ2) is 17.9. The van der Waals surface area contributed by atoms with Gasteiger partial charge in [-0.3, -0.25) is 14.4 Å². The number of hydrogen-bond acceptors (Lipinski definition) is 6. The SMILES string of the molecule is CC(C)C(COCc1ccccc1)NC(=O)C(F)(F)C(=O)C(Cc1ccccc1OCc1ccccc1)NC(=O)C(NC(=O)O)C(C)C. The van der Waals surface area contributed by atoms with Crippen LogP contribution in [0.3, 0.4) is 0 Å². The number of halogens is 2. The van der Waals surface area contributed by atoms with Crippen molar-refractivity contribution in [2.24, 2.45) is 11.8 Å². The average molecular weight is 668 g/mol. The van der Waals surface area contributed by atoms with Gasteiger partial charge >= 0.3 is 12.0 Å². The summed E-state index contributed by atoms with van der Waals surface area (Å²) in [5.41, 5.74) is 2.00. The summed E-state index contributed by atoms with van der Waals surface area (Å²) in [6, 6.07) is 20.7. The predicted octanol–water partition coefficient (Wildman–Crippen LogP) is 5.15.